The average Bonchev–Trinajstić information content (AvgIpc) is 1.41. The average molecular weight is 103 g/mol. The van der Waals surface area contributed by atoms with E-state index in [1.54, 1.807) is 0 Å². The molecule has 0 amide bonds. The van der Waals surface area contributed by atoms with Crippen LogP contribution in [0.4, 0.5) is 0 Å². The third-order valence-corrected chi connectivity index (χ3v) is 1.52. The van der Waals surface area contributed by atoms with Crippen molar-refractivity contribution < 1.29 is 4.79 Å². The van der Waals surface area contributed by atoms with Gasteiger partial charge >= 0.3 is 0 Å². The van der Waals surface area contributed by atoms with Crippen molar-refractivity contribution in [1.82, 2.24) is 0 Å². The molecule has 2 nitrogen and oxygen atoms in total. The Morgan fingerprint density at radius 3 is 2.60 bits per heavy atom. The predicted octanol–water partition coefficient (Wildman–Crippen LogP) is -1.92. The largest absolute Gasteiger partial charge is 0.374 e. The van der Waals surface area contributed by atoms with Gasteiger partial charge in [0.1, 0.15) is 16.3 Å². The van der Waals surface area contributed by atoms with E-state index >= 15 is 0 Å². The maximum absolute atomic E-state index is 9.37. The summed E-state index contributed by atoms with van der Waals surface area (Å²) in [7, 11) is 0.650. The lowest BCUT2D eigenvalue weighted by molar-refractivity contribution is 0.568. The minimum atomic E-state index is -0.179. The molecule has 0 bridgehead atoms. The zero-order valence-electron chi connectivity index (χ0n) is 3.01. The quantitative estimate of drug-likeness (QED) is 0.281. The first-order valence-corrected chi connectivity index (χ1v) is 3.35. The highest BCUT2D eigenvalue weighted by Crippen LogP contribution is 1.32. The second-order valence-corrected chi connectivity index (χ2v) is 3.18. The highest BCUT2D eigenvalue weighted by molar-refractivity contribution is 6.59. The normalized spacial score (nSPS) is 9.60. The van der Waals surface area contributed by atoms with Gasteiger partial charge in [-0.2, -0.15) is 0 Å². The first kappa shape index (κ1) is 4.90. The van der Waals surface area contributed by atoms with Gasteiger partial charge in [0.05, 0.1) is 0 Å². The Labute approximate surface area is 35.6 Å². The molecule has 0 aliphatic carbocycles. The molecule has 0 spiro atoms. The molecule has 0 saturated carbocycles. The Balaban J connectivity index is 2.92. The Morgan fingerprint density at radius 1 is 2.00 bits per heavy atom. The van der Waals surface area contributed by atoms with Crippen LogP contribution in [-0.4, -0.2) is 25.6 Å². The molecule has 0 atom stereocenters. The van der Waals surface area contributed by atoms with E-state index < -0.39 is 0 Å². The summed E-state index contributed by atoms with van der Waals surface area (Å²) in [6.07, 6.45) is 0. The lowest BCUT2D eigenvalue weighted by Crippen LogP contribution is -1.71. The van der Waals surface area contributed by atoms with Gasteiger partial charge in [0, 0.05) is 0 Å². The van der Waals surface area contributed by atoms with E-state index in [1.807, 2.05) is 0 Å². The van der Waals surface area contributed by atoms with Gasteiger partial charge in [0.25, 0.3) is 0 Å². The molecule has 0 unspecified atom stereocenters. The zero-order chi connectivity index (χ0) is 4.12. The molecule has 4 heteroatoms. The first-order chi connectivity index (χ1) is 2.41. The van der Waals surface area contributed by atoms with Crippen LogP contribution in [0.3, 0.4) is 0 Å². The molecule has 5 heavy (non-hydrogen) atoms. The van der Waals surface area contributed by atoms with E-state index in [0.717, 1.165) is 16.3 Å². The molecule has 0 saturated heterocycles. The third kappa shape index (κ3) is 3.90. The van der Waals surface area contributed by atoms with Crippen LogP contribution in [0.1, 0.15) is 0 Å². The van der Waals surface area contributed by atoms with Crippen molar-refractivity contribution in [3.05, 3.63) is 0 Å². The van der Waals surface area contributed by atoms with Crippen molar-refractivity contribution in [1.29, 1.82) is 0 Å². The number of carbonyl (C=O) groups is 1. The van der Waals surface area contributed by atoms with Crippen molar-refractivity contribution in [3.63, 3.8) is 0 Å². The van der Waals surface area contributed by atoms with Gasteiger partial charge in [-0.1, -0.05) is 0 Å². The monoisotopic (exact) mass is 103 g/mol. The van der Waals surface area contributed by atoms with E-state index in [2.05, 4.69) is 4.30 Å². The predicted molar refractivity (Wildman–Crippen MR) is 26.3 cm³/mol. The van der Waals surface area contributed by atoms with Crippen molar-refractivity contribution in [2.75, 3.05) is 0 Å². The number of rotatable bonds is 1. The molecule has 0 heterocycles. The van der Waals surface area contributed by atoms with Crippen LogP contribution in [-0.2, 0) is 4.79 Å². The van der Waals surface area contributed by atoms with Crippen molar-refractivity contribution in [2.45, 2.75) is 0 Å². The van der Waals surface area contributed by atoms with Crippen LogP contribution >= 0.6 is 0 Å². The number of carbonyl (C=O) groups excluding carboxylic acids is 1. The molecule has 0 aromatic carbocycles. The first-order valence-electron chi connectivity index (χ1n) is 1.27. The topological polar surface area (TPSA) is 29.4 Å². The molecular weight excluding hydrogens is 98.2 g/mol. The Hall–Kier alpha value is -0.0962. The lowest BCUT2D eigenvalue weighted by Gasteiger charge is -1.53. The Bertz CT molecular complexity index is 51.6. The van der Waals surface area contributed by atoms with E-state index in [-0.39, 0.29) is 9.31 Å². The van der Waals surface area contributed by atoms with Crippen LogP contribution in [0, 0.1) is 0 Å². The van der Waals surface area contributed by atoms with Crippen molar-refractivity contribution in [2.24, 2.45) is 4.30 Å². The van der Waals surface area contributed by atoms with E-state index in [9.17, 15) is 4.79 Å². The Kier molecular flexibility index (Phi) is 3.83. The summed E-state index contributed by atoms with van der Waals surface area (Å²) >= 11 is 0. The van der Waals surface area contributed by atoms with Gasteiger partial charge in [-0.3, -0.25) is 0 Å². The molecule has 28 valence electrons. The molecule has 0 radical (unpaired) electrons. The summed E-state index contributed by atoms with van der Waals surface area (Å²) < 4.78 is 3.71. The summed E-state index contributed by atoms with van der Waals surface area (Å²) in [4.78, 5) is 9.37. The highest BCUT2D eigenvalue weighted by Gasteiger charge is 1.51. The standard InChI is InChI=1S/CH5NOSi2/c3-1-5-2-4/h1,5H,4H3. The fourth-order valence-corrected chi connectivity index (χ4v) is 0.548. The molecular formula is CH5NOSi2. The SMILES string of the molecule is O=C[SiH]=N[SiH3]. The summed E-state index contributed by atoms with van der Waals surface area (Å²) in [6.45, 7) is 0. The van der Waals surface area contributed by atoms with Gasteiger partial charge in [0.15, 0.2) is 9.31 Å². The van der Waals surface area contributed by atoms with Crippen molar-refractivity contribution >= 4 is 25.6 Å². The number of nitrogens with zero attached hydrogens (tertiary/aromatic N) is 1. The minimum Gasteiger partial charge on any atom is -0.374 e. The second kappa shape index (κ2) is 3.90. The van der Waals surface area contributed by atoms with Gasteiger partial charge in [-0.15, -0.1) is 0 Å². The fourth-order valence-electron chi connectivity index (χ4n) is 0.0609. The highest BCUT2D eigenvalue weighted by atomic mass is 28.2. The fraction of sp³-hybridized carbons (Fsp3) is 0. The summed E-state index contributed by atoms with van der Waals surface area (Å²) in [5.41, 5.74) is 0. The lowest BCUT2D eigenvalue weighted by atomic mass is 11.8. The third-order valence-electron chi connectivity index (χ3n) is 0.210. The molecule has 0 aromatic heterocycles. The van der Waals surface area contributed by atoms with Crippen LogP contribution in [0.25, 0.3) is 0 Å². The summed E-state index contributed by atoms with van der Waals surface area (Å²) in [5.74, 6) is 0.882. The van der Waals surface area contributed by atoms with Crippen LogP contribution in [0.2, 0.25) is 0 Å². The molecule has 0 rings (SSSR count). The van der Waals surface area contributed by atoms with Gasteiger partial charge in [0.2, 0.25) is 0 Å². The summed E-state index contributed by atoms with van der Waals surface area (Å²) in [5, 5.41) is 0. The maximum Gasteiger partial charge on any atom is 0.165 e. The second-order valence-electron chi connectivity index (χ2n) is 0.543. The van der Waals surface area contributed by atoms with Gasteiger partial charge in [-0.25, -0.2) is 0 Å². The van der Waals surface area contributed by atoms with Crippen LogP contribution in [0.5, 0.6) is 0 Å². The molecule has 0 aromatic rings. The van der Waals surface area contributed by atoms with Gasteiger partial charge in [-0.05, 0) is 0 Å². The zero-order valence-corrected chi connectivity index (χ0v) is 6.16. The summed E-state index contributed by atoms with van der Waals surface area (Å²) in [6, 6.07) is 0. The van der Waals surface area contributed by atoms with E-state index in [1.165, 1.54) is 0 Å². The number of hydrogen-bond donors (Lipinski definition) is 0. The van der Waals surface area contributed by atoms with Crippen LogP contribution < -0.4 is 0 Å². The molecule has 0 aliphatic heterocycles. The molecule has 0 fully saturated rings. The molecule has 0 aliphatic rings. The minimum absolute atomic E-state index is 0.179. The van der Waals surface area contributed by atoms with Crippen LogP contribution in [0.15, 0.2) is 4.30 Å². The van der Waals surface area contributed by atoms with E-state index in [0.29, 0.717) is 0 Å². The number of hydrogen-bond acceptors (Lipinski definition) is 2. The molecule has 0 N–H and O–H groups in total. The maximum atomic E-state index is 9.37. The Morgan fingerprint density at radius 2 is 2.60 bits per heavy atom. The van der Waals surface area contributed by atoms with E-state index in [4.69, 9.17) is 0 Å². The smallest absolute Gasteiger partial charge is 0.165 e. The van der Waals surface area contributed by atoms with Crippen molar-refractivity contribution in [3.8, 4) is 0 Å². The van der Waals surface area contributed by atoms with Gasteiger partial charge < -0.3 is 9.09 Å².